The van der Waals surface area contributed by atoms with E-state index in [9.17, 15) is 0 Å². The third kappa shape index (κ3) is 2.77. The average Bonchev–Trinajstić information content (AvgIpc) is 3.25. The van der Waals surface area contributed by atoms with Crippen molar-refractivity contribution in [3.63, 3.8) is 0 Å². The topological polar surface area (TPSA) is 29.3 Å². The molecule has 20 heavy (non-hydrogen) atoms. The molecular formula is C18H28N2. The van der Waals surface area contributed by atoms with Crippen LogP contribution in [0, 0.1) is 0 Å². The van der Waals surface area contributed by atoms with Gasteiger partial charge in [-0.1, -0.05) is 30.7 Å². The number of likely N-dealkylation sites (tertiary alicyclic amines) is 1. The van der Waals surface area contributed by atoms with Crippen molar-refractivity contribution in [2.24, 2.45) is 5.73 Å². The van der Waals surface area contributed by atoms with Crippen LogP contribution in [0.2, 0.25) is 0 Å². The molecule has 2 atom stereocenters. The first-order valence-electron chi connectivity index (χ1n) is 8.28. The van der Waals surface area contributed by atoms with Crippen LogP contribution in [0.1, 0.15) is 69.0 Å². The second-order valence-corrected chi connectivity index (χ2v) is 6.84. The highest BCUT2D eigenvalue weighted by molar-refractivity contribution is 5.36. The van der Waals surface area contributed by atoms with Gasteiger partial charge in [0.05, 0.1) is 6.04 Å². The Bertz CT molecular complexity index is 450. The van der Waals surface area contributed by atoms with Gasteiger partial charge >= 0.3 is 0 Å². The van der Waals surface area contributed by atoms with Crippen molar-refractivity contribution in [2.75, 3.05) is 6.54 Å². The van der Waals surface area contributed by atoms with E-state index in [-0.39, 0.29) is 6.04 Å². The van der Waals surface area contributed by atoms with Crippen molar-refractivity contribution in [2.45, 2.75) is 70.0 Å². The van der Waals surface area contributed by atoms with Gasteiger partial charge < -0.3 is 5.73 Å². The van der Waals surface area contributed by atoms with E-state index in [1.807, 2.05) is 0 Å². The molecule has 1 aromatic rings. The molecule has 1 aliphatic carbocycles. The molecule has 2 fully saturated rings. The molecule has 1 heterocycles. The number of nitrogens with zero attached hydrogens (tertiary/aromatic N) is 1. The minimum Gasteiger partial charge on any atom is -0.326 e. The Morgan fingerprint density at radius 3 is 2.40 bits per heavy atom. The highest BCUT2D eigenvalue weighted by Gasteiger charge is 2.34. The molecule has 1 saturated heterocycles. The van der Waals surface area contributed by atoms with Gasteiger partial charge in [0, 0.05) is 12.1 Å². The van der Waals surface area contributed by atoms with Crippen LogP contribution in [0.4, 0.5) is 0 Å². The summed E-state index contributed by atoms with van der Waals surface area (Å²) in [5.74, 6) is 0.802. The molecule has 1 aliphatic heterocycles. The van der Waals surface area contributed by atoms with Crippen molar-refractivity contribution in [1.82, 2.24) is 4.90 Å². The Balaban J connectivity index is 1.98. The molecule has 110 valence electrons. The highest BCUT2D eigenvalue weighted by Crippen LogP contribution is 2.45. The van der Waals surface area contributed by atoms with Gasteiger partial charge in [-0.25, -0.2) is 0 Å². The predicted molar refractivity (Wildman–Crippen MR) is 84.8 cm³/mol. The zero-order valence-electron chi connectivity index (χ0n) is 12.9. The maximum atomic E-state index is 6.59. The van der Waals surface area contributed by atoms with Gasteiger partial charge in [-0.2, -0.15) is 0 Å². The molecule has 2 heteroatoms. The Hall–Kier alpha value is -0.860. The van der Waals surface area contributed by atoms with Crippen molar-refractivity contribution >= 4 is 0 Å². The third-order valence-electron chi connectivity index (χ3n) is 4.96. The molecule has 0 bridgehead atoms. The van der Waals surface area contributed by atoms with Gasteiger partial charge in [-0.15, -0.1) is 0 Å². The molecular weight excluding hydrogens is 244 g/mol. The molecule has 1 aromatic carbocycles. The lowest BCUT2D eigenvalue weighted by Gasteiger charge is -2.37. The normalized spacial score (nSPS) is 28.6. The molecule has 0 radical (unpaired) electrons. The third-order valence-corrected chi connectivity index (χ3v) is 4.96. The van der Waals surface area contributed by atoms with Crippen LogP contribution in [0.15, 0.2) is 24.3 Å². The van der Waals surface area contributed by atoms with E-state index in [0.29, 0.717) is 12.1 Å². The van der Waals surface area contributed by atoms with Gasteiger partial charge in [0.25, 0.3) is 0 Å². The second-order valence-electron chi connectivity index (χ2n) is 6.84. The Labute approximate surface area is 123 Å². The Morgan fingerprint density at radius 1 is 1.05 bits per heavy atom. The van der Waals surface area contributed by atoms with Crippen LogP contribution in [-0.2, 0) is 0 Å². The van der Waals surface area contributed by atoms with Crippen LogP contribution in [0.3, 0.4) is 0 Å². The zero-order valence-corrected chi connectivity index (χ0v) is 12.9. The summed E-state index contributed by atoms with van der Waals surface area (Å²) in [6.07, 6.45) is 6.44. The average molecular weight is 272 g/mol. The fraction of sp³-hybridized carbons (Fsp3) is 0.667. The lowest BCUT2D eigenvalue weighted by molar-refractivity contribution is 0.143. The molecule has 1 saturated carbocycles. The van der Waals surface area contributed by atoms with E-state index < -0.39 is 0 Å². The number of nitrogens with two attached hydrogens (primary N) is 1. The van der Waals surface area contributed by atoms with Gasteiger partial charge in [-0.3, -0.25) is 4.90 Å². The molecule has 3 rings (SSSR count). The smallest absolute Gasteiger partial charge is 0.0504 e. The fourth-order valence-electron chi connectivity index (χ4n) is 3.75. The Morgan fingerprint density at radius 2 is 1.75 bits per heavy atom. The molecule has 0 spiro atoms. The van der Waals surface area contributed by atoms with E-state index in [1.54, 1.807) is 5.56 Å². The summed E-state index contributed by atoms with van der Waals surface area (Å²) >= 11 is 0. The van der Waals surface area contributed by atoms with Crippen molar-refractivity contribution in [1.29, 1.82) is 0 Å². The summed E-state index contributed by atoms with van der Waals surface area (Å²) in [4.78, 5) is 2.64. The van der Waals surface area contributed by atoms with Gasteiger partial charge in [0.1, 0.15) is 0 Å². The molecule has 0 amide bonds. The first-order chi connectivity index (χ1) is 9.68. The maximum Gasteiger partial charge on any atom is 0.0504 e. The lowest BCUT2D eigenvalue weighted by Crippen LogP contribution is -2.43. The minimum atomic E-state index is 0.278. The van der Waals surface area contributed by atoms with E-state index in [0.717, 1.165) is 12.3 Å². The minimum absolute atomic E-state index is 0.278. The fourth-order valence-corrected chi connectivity index (χ4v) is 3.75. The zero-order chi connectivity index (χ0) is 14.1. The maximum absolute atomic E-state index is 6.59. The van der Waals surface area contributed by atoms with E-state index in [2.05, 4.69) is 43.0 Å². The second kappa shape index (κ2) is 5.87. The van der Waals surface area contributed by atoms with Crippen LogP contribution >= 0.6 is 0 Å². The van der Waals surface area contributed by atoms with Crippen molar-refractivity contribution < 1.29 is 0 Å². The van der Waals surface area contributed by atoms with Crippen molar-refractivity contribution in [3.05, 3.63) is 35.4 Å². The van der Waals surface area contributed by atoms with Crippen LogP contribution in [0.5, 0.6) is 0 Å². The molecule has 2 nitrogen and oxygen atoms in total. The van der Waals surface area contributed by atoms with Gasteiger partial charge in [-0.05, 0) is 63.1 Å². The summed E-state index contributed by atoms with van der Waals surface area (Å²) in [5.41, 5.74) is 9.67. The highest BCUT2D eigenvalue weighted by atomic mass is 15.2. The number of rotatable bonds is 3. The first kappa shape index (κ1) is 14.1. The standard InChI is InChI=1S/C18H28N2/c1-13(2)20-12-6-5-9-17(19)18(20)16-8-4-3-7-15(16)14-10-11-14/h3-4,7-8,13-14,17-18H,5-6,9-12,19H2,1-2H3. The molecule has 2 N–H and O–H groups in total. The van der Waals surface area contributed by atoms with Crippen LogP contribution < -0.4 is 5.73 Å². The molecule has 0 aromatic heterocycles. The SMILES string of the molecule is CC(C)N1CCCCC(N)C1c1ccccc1C1CC1. The van der Waals surface area contributed by atoms with Crippen molar-refractivity contribution in [3.8, 4) is 0 Å². The van der Waals surface area contributed by atoms with E-state index in [4.69, 9.17) is 5.73 Å². The predicted octanol–water partition coefficient (Wildman–Crippen LogP) is 3.83. The summed E-state index contributed by atoms with van der Waals surface area (Å²) in [7, 11) is 0. The van der Waals surface area contributed by atoms with Gasteiger partial charge in [0.15, 0.2) is 0 Å². The summed E-state index contributed by atoms with van der Waals surface area (Å²) < 4.78 is 0. The monoisotopic (exact) mass is 272 g/mol. The molecule has 2 aliphatic rings. The number of benzene rings is 1. The summed E-state index contributed by atoms with van der Waals surface area (Å²) in [6, 6.07) is 10.3. The van der Waals surface area contributed by atoms with E-state index in [1.165, 1.54) is 37.8 Å². The largest absolute Gasteiger partial charge is 0.326 e. The number of hydrogen-bond donors (Lipinski definition) is 1. The van der Waals surface area contributed by atoms with E-state index >= 15 is 0 Å². The Kier molecular flexibility index (Phi) is 4.13. The number of hydrogen-bond acceptors (Lipinski definition) is 2. The lowest BCUT2D eigenvalue weighted by atomic mass is 9.90. The summed E-state index contributed by atoms with van der Waals surface area (Å²) in [5, 5.41) is 0. The first-order valence-corrected chi connectivity index (χ1v) is 8.28. The quantitative estimate of drug-likeness (QED) is 0.906. The van der Waals surface area contributed by atoms with Crippen LogP contribution in [0.25, 0.3) is 0 Å². The van der Waals surface area contributed by atoms with Gasteiger partial charge in [0.2, 0.25) is 0 Å². The van der Waals surface area contributed by atoms with Crippen LogP contribution in [-0.4, -0.2) is 23.5 Å². The molecule has 2 unspecified atom stereocenters. The summed E-state index contributed by atoms with van der Waals surface area (Å²) in [6.45, 7) is 5.81.